The molecule has 3 N–H and O–H groups in total. The van der Waals surface area contributed by atoms with Crippen LogP contribution in [0.15, 0.2) is 54.7 Å². The third kappa shape index (κ3) is 6.00. The van der Waals surface area contributed by atoms with Gasteiger partial charge in [0.05, 0.1) is 11.3 Å². The van der Waals surface area contributed by atoms with Crippen LogP contribution in [0.5, 0.6) is 11.5 Å². The van der Waals surface area contributed by atoms with Crippen LogP contribution >= 0.6 is 0 Å². The minimum atomic E-state index is -4.57. The highest BCUT2D eigenvalue weighted by Crippen LogP contribution is 2.34. The Morgan fingerprint density at radius 1 is 1.00 bits per heavy atom. The van der Waals surface area contributed by atoms with Crippen molar-refractivity contribution in [3.63, 3.8) is 0 Å². The molecule has 34 heavy (non-hydrogen) atoms. The van der Waals surface area contributed by atoms with Crippen molar-refractivity contribution in [3.8, 4) is 11.5 Å². The predicted molar refractivity (Wildman–Crippen MR) is 118 cm³/mol. The van der Waals surface area contributed by atoms with Crippen LogP contribution in [0.1, 0.15) is 28.5 Å². The van der Waals surface area contributed by atoms with E-state index in [4.69, 9.17) is 4.74 Å². The number of pyridine rings is 1. The quantitative estimate of drug-likeness (QED) is 0.404. The number of amides is 3. The van der Waals surface area contributed by atoms with Gasteiger partial charge in [-0.2, -0.15) is 13.2 Å². The van der Waals surface area contributed by atoms with Crippen LogP contribution in [0.25, 0.3) is 0 Å². The van der Waals surface area contributed by atoms with Crippen molar-refractivity contribution in [2.24, 2.45) is 0 Å². The van der Waals surface area contributed by atoms with Crippen molar-refractivity contribution in [2.75, 3.05) is 17.7 Å². The molecule has 3 amide bonds. The maximum atomic E-state index is 14.5. The number of carbonyl (C=O) groups is 2. The summed E-state index contributed by atoms with van der Waals surface area (Å²) in [6.45, 7) is 1.59. The zero-order chi connectivity index (χ0) is 24.9. The van der Waals surface area contributed by atoms with E-state index >= 15 is 0 Å². The summed E-state index contributed by atoms with van der Waals surface area (Å²) >= 11 is 0. The van der Waals surface area contributed by atoms with Crippen molar-refractivity contribution < 1.29 is 31.9 Å². The fourth-order valence-electron chi connectivity index (χ4n) is 3.03. The molecule has 0 unspecified atom stereocenters. The number of nitrogens with zero attached hydrogens (tertiary/aromatic N) is 1. The van der Waals surface area contributed by atoms with Crippen LogP contribution in [0.4, 0.5) is 33.7 Å². The maximum Gasteiger partial charge on any atom is 0.416 e. The second kappa shape index (κ2) is 10.2. The largest absolute Gasteiger partial charge is 0.457 e. The first-order valence-electron chi connectivity index (χ1n) is 10.0. The van der Waals surface area contributed by atoms with E-state index in [0.717, 1.165) is 12.1 Å². The first kappa shape index (κ1) is 24.5. The number of rotatable bonds is 6. The topological polar surface area (TPSA) is 92.3 Å². The Labute approximate surface area is 192 Å². The predicted octanol–water partition coefficient (Wildman–Crippen LogP) is 5.60. The third-order valence-corrected chi connectivity index (χ3v) is 4.67. The smallest absolute Gasteiger partial charge is 0.416 e. The summed E-state index contributed by atoms with van der Waals surface area (Å²) in [4.78, 5) is 27.8. The van der Waals surface area contributed by atoms with Gasteiger partial charge in [-0.1, -0.05) is 13.0 Å². The van der Waals surface area contributed by atoms with Crippen LogP contribution in [-0.4, -0.2) is 24.0 Å². The fourth-order valence-corrected chi connectivity index (χ4v) is 3.03. The molecule has 7 nitrogen and oxygen atoms in total. The minimum absolute atomic E-state index is 0.0856. The van der Waals surface area contributed by atoms with E-state index in [1.165, 1.54) is 49.6 Å². The summed E-state index contributed by atoms with van der Waals surface area (Å²) < 4.78 is 59.6. The number of hydrogen-bond donors (Lipinski definition) is 3. The molecule has 0 saturated heterocycles. The summed E-state index contributed by atoms with van der Waals surface area (Å²) in [6.07, 6.45) is -3.04. The first-order valence-corrected chi connectivity index (χ1v) is 10.0. The zero-order valence-electron chi connectivity index (χ0n) is 18.1. The third-order valence-electron chi connectivity index (χ3n) is 4.67. The SMILES string of the molecule is CCc1ccc(NC(=O)Nc2ccc(Oc3ccnc(C(=O)NC)c3)cc2F)cc1C(F)(F)F. The molecule has 0 spiro atoms. The summed E-state index contributed by atoms with van der Waals surface area (Å²) in [6, 6.07) is 8.97. The van der Waals surface area contributed by atoms with Crippen LogP contribution in [0.3, 0.4) is 0 Å². The Hall–Kier alpha value is -4.15. The Morgan fingerprint density at radius 3 is 2.38 bits per heavy atom. The van der Waals surface area contributed by atoms with Gasteiger partial charge in [0.25, 0.3) is 5.91 Å². The van der Waals surface area contributed by atoms with E-state index in [1.807, 2.05) is 0 Å². The van der Waals surface area contributed by atoms with E-state index in [0.29, 0.717) is 0 Å². The normalized spacial score (nSPS) is 11.0. The number of aromatic nitrogens is 1. The summed E-state index contributed by atoms with van der Waals surface area (Å²) in [5, 5.41) is 6.93. The fraction of sp³-hybridized carbons (Fsp3) is 0.174. The number of nitrogens with one attached hydrogen (secondary N) is 3. The number of alkyl halides is 3. The molecule has 0 aliphatic rings. The molecule has 1 aromatic heterocycles. The molecular formula is C23H20F4N4O3. The van der Waals surface area contributed by atoms with E-state index in [9.17, 15) is 27.2 Å². The van der Waals surface area contributed by atoms with Gasteiger partial charge in [-0.25, -0.2) is 9.18 Å². The highest BCUT2D eigenvalue weighted by atomic mass is 19.4. The molecule has 0 radical (unpaired) electrons. The van der Waals surface area contributed by atoms with Crippen LogP contribution in [-0.2, 0) is 12.6 Å². The Kier molecular flexibility index (Phi) is 7.34. The van der Waals surface area contributed by atoms with Crippen LogP contribution in [0, 0.1) is 5.82 Å². The minimum Gasteiger partial charge on any atom is -0.457 e. The number of urea groups is 1. The average Bonchev–Trinajstić information content (AvgIpc) is 2.80. The molecular weight excluding hydrogens is 456 g/mol. The Bertz CT molecular complexity index is 1220. The summed E-state index contributed by atoms with van der Waals surface area (Å²) in [5.74, 6) is -0.940. The molecule has 0 aliphatic carbocycles. The van der Waals surface area contributed by atoms with Gasteiger partial charge >= 0.3 is 12.2 Å². The molecule has 0 bridgehead atoms. The van der Waals surface area contributed by atoms with Gasteiger partial charge < -0.3 is 20.7 Å². The lowest BCUT2D eigenvalue weighted by atomic mass is 10.0. The molecule has 0 fully saturated rings. The van der Waals surface area contributed by atoms with E-state index < -0.39 is 29.5 Å². The molecule has 11 heteroatoms. The lowest BCUT2D eigenvalue weighted by Crippen LogP contribution is -2.21. The van der Waals surface area contributed by atoms with Crippen molar-refractivity contribution in [2.45, 2.75) is 19.5 Å². The van der Waals surface area contributed by atoms with Gasteiger partial charge in [-0.3, -0.25) is 9.78 Å². The lowest BCUT2D eigenvalue weighted by Gasteiger charge is -2.15. The van der Waals surface area contributed by atoms with E-state index in [-0.39, 0.29) is 40.6 Å². The molecule has 3 rings (SSSR count). The van der Waals surface area contributed by atoms with E-state index in [2.05, 4.69) is 20.9 Å². The molecule has 3 aromatic rings. The second-order valence-corrected chi connectivity index (χ2v) is 7.00. The summed E-state index contributed by atoms with van der Waals surface area (Å²) in [5.41, 5.74) is -0.956. The number of ether oxygens (including phenoxy) is 1. The van der Waals surface area contributed by atoms with Gasteiger partial charge in [-0.05, 0) is 42.3 Å². The van der Waals surface area contributed by atoms with Crippen molar-refractivity contribution in [3.05, 3.63) is 77.4 Å². The molecule has 0 saturated carbocycles. The number of hydrogen-bond acceptors (Lipinski definition) is 4. The number of anilines is 2. The standard InChI is InChI=1S/C23H20F4N4O3/c1-3-13-4-5-14(10-17(13)23(25,26)27)30-22(33)31-19-7-6-15(11-18(19)24)34-16-8-9-29-20(12-16)21(32)28-2/h4-12H,3H2,1-2H3,(H,28,32)(H2,30,31,33). The van der Waals surface area contributed by atoms with E-state index in [1.54, 1.807) is 6.92 Å². The average molecular weight is 476 g/mol. The Balaban J connectivity index is 1.69. The van der Waals surface area contributed by atoms with Crippen molar-refractivity contribution >= 4 is 23.3 Å². The molecule has 2 aromatic carbocycles. The highest BCUT2D eigenvalue weighted by Gasteiger charge is 2.33. The Morgan fingerprint density at radius 2 is 1.74 bits per heavy atom. The lowest BCUT2D eigenvalue weighted by molar-refractivity contribution is -0.138. The maximum absolute atomic E-state index is 14.5. The van der Waals surface area contributed by atoms with Gasteiger partial charge in [0.2, 0.25) is 0 Å². The highest BCUT2D eigenvalue weighted by molar-refractivity contribution is 6.00. The van der Waals surface area contributed by atoms with Crippen molar-refractivity contribution in [1.29, 1.82) is 0 Å². The number of carbonyl (C=O) groups excluding carboxylic acids is 2. The van der Waals surface area contributed by atoms with Gasteiger partial charge in [0.15, 0.2) is 0 Å². The van der Waals surface area contributed by atoms with Gasteiger partial charge in [0, 0.05) is 31.1 Å². The number of halogens is 4. The molecule has 178 valence electrons. The molecule has 0 atom stereocenters. The summed E-state index contributed by atoms with van der Waals surface area (Å²) in [7, 11) is 1.45. The number of aryl methyl sites for hydroxylation is 1. The van der Waals surface area contributed by atoms with Gasteiger partial charge in [-0.15, -0.1) is 0 Å². The zero-order valence-corrected chi connectivity index (χ0v) is 18.1. The van der Waals surface area contributed by atoms with Crippen LogP contribution < -0.4 is 20.7 Å². The monoisotopic (exact) mass is 476 g/mol. The van der Waals surface area contributed by atoms with Crippen LogP contribution in [0.2, 0.25) is 0 Å². The first-order chi connectivity index (χ1) is 16.1. The number of benzene rings is 2. The second-order valence-electron chi connectivity index (χ2n) is 7.00. The molecule has 1 heterocycles. The van der Waals surface area contributed by atoms with Gasteiger partial charge in [0.1, 0.15) is 23.0 Å². The van der Waals surface area contributed by atoms with Crippen molar-refractivity contribution in [1.82, 2.24) is 10.3 Å². The molecule has 0 aliphatic heterocycles.